The topological polar surface area (TPSA) is 74.6 Å². The van der Waals surface area contributed by atoms with Gasteiger partial charge in [-0.1, -0.05) is 19.9 Å². The van der Waals surface area contributed by atoms with E-state index in [1.807, 2.05) is 13.8 Å². The Morgan fingerprint density at radius 1 is 1.29 bits per heavy atom. The first-order valence-electron chi connectivity index (χ1n) is 10.1. The van der Waals surface area contributed by atoms with Crippen LogP contribution >= 0.6 is 0 Å². The number of allylic oxidation sites excluding steroid dienone is 4. The quantitative estimate of drug-likeness (QED) is 0.755. The second-order valence-electron chi connectivity index (χ2n) is 9.76. The summed E-state index contributed by atoms with van der Waals surface area (Å²) in [5, 5.41) is 20.5. The van der Waals surface area contributed by atoms with Crippen molar-refractivity contribution < 1.29 is 28.6 Å². The van der Waals surface area contributed by atoms with Crippen LogP contribution in [-0.4, -0.2) is 46.3 Å². The number of aliphatic hydroxyl groups excluding tert-OH is 2. The Morgan fingerprint density at radius 2 is 1.96 bits per heavy atom. The van der Waals surface area contributed by atoms with Crippen LogP contribution in [0.3, 0.4) is 0 Å². The lowest BCUT2D eigenvalue weighted by molar-refractivity contribution is -0.202. The van der Waals surface area contributed by atoms with Crippen molar-refractivity contribution in [2.45, 2.75) is 58.0 Å². The SMILES string of the molecule is CC1CC2C3CC(F)C4=CC(=O)C=C[C@]4(C)[C@@]3(F)C(O)C[C@]2(C)C1C(=O)CO. The first-order valence-corrected chi connectivity index (χ1v) is 10.1. The fourth-order valence-corrected chi connectivity index (χ4v) is 7.36. The largest absolute Gasteiger partial charge is 0.390 e. The zero-order valence-electron chi connectivity index (χ0n) is 16.5. The number of aliphatic hydroxyl groups is 2. The summed E-state index contributed by atoms with van der Waals surface area (Å²) in [5.74, 6) is -2.26. The third kappa shape index (κ3) is 2.22. The number of ketones is 2. The summed E-state index contributed by atoms with van der Waals surface area (Å²) in [6.07, 6.45) is 1.52. The molecule has 4 rings (SSSR count). The van der Waals surface area contributed by atoms with E-state index in [4.69, 9.17) is 0 Å². The van der Waals surface area contributed by atoms with Crippen LogP contribution < -0.4 is 0 Å². The van der Waals surface area contributed by atoms with E-state index in [1.54, 1.807) is 6.92 Å². The molecule has 0 aromatic rings. The van der Waals surface area contributed by atoms with Gasteiger partial charge in [0.15, 0.2) is 17.2 Å². The number of carbonyl (C=O) groups excluding carboxylic acids is 2. The fraction of sp³-hybridized carbons (Fsp3) is 0.727. The minimum absolute atomic E-state index is 0.0736. The van der Waals surface area contributed by atoms with E-state index in [-0.39, 0.29) is 41.8 Å². The molecule has 0 radical (unpaired) electrons. The molecule has 9 atom stereocenters. The Labute approximate surface area is 163 Å². The molecule has 0 heterocycles. The number of halogens is 2. The van der Waals surface area contributed by atoms with Gasteiger partial charge in [-0.15, -0.1) is 0 Å². The zero-order chi connectivity index (χ0) is 20.6. The second-order valence-corrected chi connectivity index (χ2v) is 9.76. The van der Waals surface area contributed by atoms with E-state index in [1.165, 1.54) is 18.2 Å². The average Bonchev–Trinajstić information content (AvgIpc) is 2.89. The van der Waals surface area contributed by atoms with Crippen molar-refractivity contribution >= 4 is 11.6 Å². The molecule has 0 amide bonds. The molecule has 0 spiro atoms. The molecule has 0 aromatic heterocycles. The van der Waals surface area contributed by atoms with Crippen LogP contribution in [0.15, 0.2) is 23.8 Å². The van der Waals surface area contributed by atoms with Crippen molar-refractivity contribution in [2.75, 3.05) is 6.61 Å². The van der Waals surface area contributed by atoms with Crippen molar-refractivity contribution in [1.82, 2.24) is 0 Å². The van der Waals surface area contributed by atoms with Gasteiger partial charge in [-0.05, 0) is 61.2 Å². The van der Waals surface area contributed by atoms with E-state index >= 15 is 8.78 Å². The number of hydrogen-bond acceptors (Lipinski definition) is 4. The smallest absolute Gasteiger partial charge is 0.178 e. The van der Waals surface area contributed by atoms with E-state index in [0.29, 0.717) is 6.42 Å². The molecule has 0 bridgehead atoms. The molecule has 4 aliphatic rings. The van der Waals surface area contributed by atoms with Gasteiger partial charge in [-0.2, -0.15) is 0 Å². The lowest BCUT2D eigenvalue weighted by atomic mass is 9.45. The van der Waals surface area contributed by atoms with Gasteiger partial charge in [0.2, 0.25) is 0 Å². The van der Waals surface area contributed by atoms with Crippen LogP contribution in [0.5, 0.6) is 0 Å². The molecule has 154 valence electrons. The summed E-state index contributed by atoms with van der Waals surface area (Å²) in [4.78, 5) is 24.3. The molecule has 6 heteroatoms. The number of fused-ring (bicyclic) bond motifs is 5. The highest BCUT2D eigenvalue weighted by molar-refractivity contribution is 6.01. The monoisotopic (exact) mass is 394 g/mol. The second kappa shape index (κ2) is 6.05. The molecule has 3 saturated carbocycles. The highest BCUT2D eigenvalue weighted by atomic mass is 19.1. The highest BCUT2D eigenvalue weighted by Gasteiger charge is 2.73. The summed E-state index contributed by atoms with van der Waals surface area (Å²) in [6.45, 7) is 4.78. The lowest BCUT2D eigenvalue weighted by Crippen LogP contribution is -2.68. The van der Waals surface area contributed by atoms with E-state index < -0.39 is 47.2 Å². The van der Waals surface area contributed by atoms with Crippen LogP contribution in [-0.2, 0) is 9.59 Å². The molecule has 2 N–H and O–H groups in total. The molecular formula is C22H28F2O4. The molecule has 4 nitrogen and oxygen atoms in total. The Hall–Kier alpha value is -1.40. The summed E-state index contributed by atoms with van der Waals surface area (Å²) in [6, 6.07) is 0. The number of Topliss-reactive ketones (excluding diaryl/α,β-unsaturated/α-hetero) is 1. The van der Waals surface area contributed by atoms with Gasteiger partial charge in [0.1, 0.15) is 12.8 Å². The first kappa shape index (κ1) is 19.9. The van der Waals surface area contributed by atoms with Crippen LogP contribution in [0, 0.1) is 34.5 Å². The van der Waals surface area contributed by atoms with Crippen LogP contribution in [0.25, 0.3) is 0 Å². The van der Waals surface area contributed by atoms with E-state index in [0.717, 1.165) is 0 Å². The number of hydrogen-bond donors (Lipinski definition) is 2. The number of rotatable bonds is 2. The van der Waals surface area contributed by atoms with Crippen molar-refractivity contribution in [3.05, 3.63) is 23.8 Å². The summed E-state index contributed by atoms with van der Waals surface area (Å²) in [5.41, 5.74) is -4.09. The minimum Gasteiger partial charge on any atom is -0.390 e. The number of carbonyl (C=O) groups is 2. The predicted molar refractivity (Wildman–Crippen MR) is 98.8 cm³/mol. The predicted octanol–water partition coefficient (Wildman–Crippen LogP) is 2.73. The van der Waals surface area contributed by atoms with Gasteiger partial charge < -0.3 is 10.2 Å². The van der Waals surface area contributed by atoms with Crippen LogP contribution in [0.2, 0.25) is 0 Å². The van der Waals surface area contributed by atoms with Crippen LogP contribution in [0.4, 0.5) is 8.78 Å². The van der Waals surface area contributed by atoms with Gasteiger partial charge in [0.05, 0.1) is 6.10 Å². The third-order valence-corrected chi connectivity index (χ3v) is 8.47. The molecule has 6 unspecified atom stereocenters. The first-order chi connectivity index (χ1) is 13.0. The Morgan fingerprint density at radius 3 is 2.61 bits per heavy atom. The third-order valence-electron chi connectivity index (χ3n) is 8.47. The van der Waals surface area contributed by atoms with Crippen molar-refractivity contribution in [1.29, 1.82) is 0 Å². The maximum atomic E-state index is 16.8. The van der Waals surface area contributed by atoms with E-state index in [9.17, 15) is 19.8 Å². The maximum absolute atomic E-state index is 16.8. The molecule has 3 fully saturated rings. The standard InChI is InChI=1S/C22H28F2O4/c1-11-6-13-14-8-16(23)15-7-12(26)4-5-21(15,3)22(14,24)18(28)9-20(13,2)19(11)17(27)10-25/h4-5,7,11,13-14,16,18-19,25,28H,6,8-10H2,1-3H3/t11?,13?,14?,16?,18?,19?,20-,21-,22-/m0/s1. The molecule has 4 aliphatic carbocycles. The average molecular weight is 394 g/mol. The maximum Gasteiger partial charge on any atom is 0.178 e. The molecule has 0 aromatic carbocycles. The Bertz CT molecular complexity index is 791. The molecule has 0 saturated heterocycles. The van der Waals surface area contributed by atoms with Crippen molar-refractivity contribution in [3.8, 4) is 0 Å². The molecule has 28 heavy (non-hydrogen) atoms. The minimum atomic E-state index is -2.11. The fourth-order valence-electron chi connectivity index (χ4n) is 7.36. The van der Waals surface area contributed by atoms with E-state index in [2.05, 4.69) is 0 Å². The summed E-state index contributed by atoms with van der Waals surface area (Å²) >= 11 is 0. The Balaban J connectivity index is 1.84. The van der Waals surface area contributed by atoms with Crippen molar-refractivity contribution in [3.63, 3.8) is 0 Å². The summed E-state index contributed by atoms with van der Waals surface area (Å²) < 4.78 is 32.0. The molecule has 0 aliphatic heterocycles. The zero-order valence-corrected chi connectivity index (χ0v) is 16.5. The van der Waals surface area contributed by atoms with Crippen molar-refractivity contribution in [2.24, 2.45) is 34.5 Å². The molecular weight excluding hydrogens is 366 g/mol. The van der Waals surface area contributed by atoms with Gasteiger partial charge >= 0.3 is 0 Å². The van der Waals surface area contributed by atoms with Gasteiger partial charge in [-0.25, -0.2) is 8.78 Å². The normalized spacial score (nSPS) is 52.5. The van der Waals surface area contributed by atoms with Crippen LogP contribution in [0.1, 0.15) is 40.0 Å². The lowest BCUT2D eigenvalue weighted by Gasteiger charge is -2.62. The van der Waals surface area contributed by atoms with Gasteiger partial charge in [0, 0.05) is 17.3 Å². The van der Waals surface area contributed by atoms with Gasteiger partial charge in [-0.3, -0.25) is 9.59 Å². The highest BCUT2D eigenvalue weighted by Crippen LogP contribution is 2.70. The van der Waals surface area contributed by atoms with Gasteiger partial charge in [0.25, 0.3) is 0 Å². The summed E-state index contributed by atoms with van der Waals surface area (Å²) in [7, 11) is 0. The number of alkyl halides is 2. The Kier molecular flexibility index (Phi) is 4.30.